The molecule has 4 fully saturated rings. The summed E-state index contributed by atoms with van der Waals surface area (Å²) < 4.78 is 5.11. The lowest BCUT2D eigenvalue weighted by Gasteiger charge is -2.59. The van der Waals surface area contributed by atoms with Gasteiger partial charge >= 0.3 is 5.97 Å². The highest BCUT2D eigenvalue weighted by Crippen LogP contribution is 2.61. The van der Waals surface area contributed by atoms with Crippen molar-refractivity contribution in [2.24, 2.45) is 23.2 Å². The van der Waals surface area contributed by atoms with Crippen molar-refractivity contribution in [3.8, 4) is 0 Å². The van der Waals surface area contributed by atoms with E-state index in [1.165, 1.54) is 38.5 Å². The molecule has 0 radical (unpaired) electrons. The molecule has 0 saturated heterocycles. The fourth-order valence-electron chi connectivity index (χ4n) is 6.35. The third-order valence-electron chi connectivity index (χ3n) is 7.40. The van der Waals surface area contributed by atoms with E-state index in [1.807, 2.05) is 6.07 Å². The molecule has 0 aromatic heterocycles. The van der Waals surface area contributed by atoms with Crippen LogP contribution >= 0.6 is 0 Å². The number of esters is 1. The number of rotatable bonds is 8. The molecule has 29 heavy (non-hydrogen) atoms. The van der Waals surface area contributed by atoms with Gasteiger partial charge in [0.2, 0.25) is 0 Å². The van der Waals surface area contributed by atoms with Crippen molar-refractivity contribution in [2.45, 2.75) is 64.3 Å². The van der Waals surface area contributed by atoms with Crippen molar-refractivity contribution in [3.05, 3.63) is 35.9 Å². The van der Waals surface area contributed by atoms with Crippen LogP contribution in [0.4, 0.5) is 0 Å². The maximum Gasteiger partial charge on any atom is 0.306 e. The van der Waals surface area contributed by atoms with Crippen LogP contribution in [-0.2, 0) is 14.3 Å². The molecule has 5 heteroatoms. The third-order valence-corrected chi connectivity index (χ3v) is 7.40. The Kier molecular flexibility index (Phi) is 5.75. The van der Waals surface area contributed by atoms with Crippen molar-refractivity contribution in [1.82, 2.24) is 5.32 Å². The smallest absolute Gasteiger partial charge is 0.306 e. The average Bonchev–Trinajstić information content (AvgIpc) is 2.70. The zero-order valence-corrected chi connectivity index (χ0v) is 17.2. The van der Waals surface area contributed by atoms with Gasteiger partial charge in [-0.3, -0.25) is 14.4 Å². The molecule has 4 aliphatic carbocycles. The number of ketones is 1. The van der Waals surface area contributed by atoms with Crippen LogP contribution in [0.5, 0.6) is 0 Å². The van der Waals surface area contributed by atoms with Gasteiger partial charge in [-0.2, -0.15) is 0 Å². The summed E-state index contributed by atoms with van der Waals surface area (Å²) in [6, 6.07) is 9.00. The van der Waals surface area contributed by atoms with Crippen LogP contribution in [0, 0.1) is 23.2 Å². The standard InChI is InChI=1S/C24H31NO4/c1-16(24-12-17-9-18(13-24)11-19(10-17)14-24)25-22(27)15-29-23(28)8-7-21(26)20-5-3-2-4-6-20/h2-6,16-19H,7-15H2,1H3,(H,25,27)/t16-,17?,18?,19?,24?/m1/s1. The van der Waals surface area contributed by atoms with Crippen molar-refractivity contribution < 1.29 is 19.1 Å². The highest BCUT2D eigenvalue weighted by molar-refractivity contribution is 5.97. The molecule has 4 aliphatic rings. The summed E-state index contributed by atoms with van der Waals surface area (Å²) in [6.07, 6.45) is 7.88. The van der Waals surface area contributed by atoms with E-state index in [4.69, 9.17) is 4.74 Å². The third kappa shape index (κ3) is 4.54. The van der Waals surface area contributed by atoms with Gasteiger partial charge in [0, 0.05) is 18.0 Å². The minimum atomic E-state index is -0.508. The first-order valence-electron chi connectivity index (χ1n) is 11.0. The molecular weight excluding hydrogens is 366 g/mol. The van der Waals surface area contributed by atoms with E-state index in [-0.39, 0.29) is 42.6 Å². The minimum Gasteiger partial charge on any atom is -0.456 e. The maximum absolute atomic E-state index is 12.4. The summed E-state index contributed by atoms with van der Waals surface area (Å²) in [5.41, 5.74) is 0.818. The molecular formula is C24H31NO4. The zero-order valence-electron chi connectivity index (χ0n) is 17.2. The Bertz CT molecular complexity index is 737. The van der Waals surface area contributed by atoms with Gasteiger partial charge in [0.15, 0.2) is 12.4 Å². The SMILES string of the molecule is C[C@@H](NC(=O)COC(=O)CCC(=O)c1ccccc1)C12CC3CC(CC(C3)C1)C2. The van der Waals surface area contributed by atoms with Gasteiger partial charge in [-0.15, -0.1) is 0 Å². The minimum absolute atomic E-state index is 0.00839. The first-order chi connectivity index (χ1) is 13.9. The van der Waals surface area contributed by atoms with Gasteiger partial charge in [-0.1, -0.05) is 30.3 Å². The van der Waals surface area contributed by atoms with Crippen LogP contribution in [-0.4, -0.2) is 30.3 Å². The number of carbonyl (C=O) groups is 3. The molecule has 5 rings (SSSR count). The Labute approximate surface area is 172 Å². The number of Topliss-reactive ketones (excluding diaryl/α,β-unsaturated/α-hetero) is 1. The lowest BCUT2D eigenvalue weighted by molar-refractivity contribution is -0.149. The van der Waals surface area contributed by atoms with E-state index < -0.39 is 5.97 Å². The molecule has 156 valence electrons. The Morgan fingerprint density at radius 3 is 2.17 bits per heavy atom. The van der Waals surface area contributed by atoms with E-state index in [0.717, 1.165) is 17.8 Å². The largest absolute Gasteiger partial charge is 0.456 e. The number of amides is 1. The summed E-state index contributed by atoms with van der Waals surface area (Å²) in [4.78, 5) is 36.3. The van der Waals surface area contributed by atoms with E-state index in [1.54, 1.807) is 24.3 Å². The topological polar surface area (TPSA) is 72.5 Å². The fraction of sp³-hybridized carbons (Fsp3) is 0.625. The lowest BCUT2D eigenvalue weighted by Crippen LogP contribution is -2.56. The Morgan fingerprint density at radius 2 is 1.59 bits per heavy atom. The number of ether oxygens (including phenoxy) is 1. The fourth-order valence-corrected chi connectivity index (χ4v) is 6.35. The molecule has 1 atom stereocenters. The van der Waals surface area contributed by atoms with Gasteiger partial charge in [0.1, 0.15) is 0 Å². The van der Waals surface area contributed by atoms with Crippen molar-refractivity contribution in [2.75, 3.05) is 6.61 Å². The molecule has 0 aliphatic heterocycles. The predicted octanol–water partition coefficient (Wildman–Crippen LogP) is 3.91. The van der Waals surface area contributed by atoms with Crippen molar-refractivity contribution in [1.29, 1.82) is 0 Å². The molecule has 1 amide bonds. The van der Waals surface area contributed by atoms with Gasteiger partial charge < -0.3 is 10.1 Å². The Balaban J connectivity index is 1.20. The van der Waals surface area contributed by atoms with E-state index in [9.17, 15) is 14.4 Å². The number of hydrogen-bond acceptors (Lipinski definition) is 4. The number of hydrogen-bond donors (Lipinski definition) is 1. The highest BCUT2D eigenvalue weighted by atomic mass is 16.5. The Hall–Kier alpha value is -2.17. The molecule has 4 saturated carbocycles. The van der Waals surface area contributed by atoms with E-state index in [0.29, 0.717) is 5.56 Å². The summed E-state index contributed by atoms with van der Waals surface area (Å²) >= 11 is 0. The second kappa shape index (κ2) is 8.29. The summed E-state index contributed by atoms with van der Waals surface area (Å²) in [5, 5.41) is 3.10. The molecule has 0 spiro atoms. The van der Waals surface area contributed by atoms with Crippen LogP contribution < -0.4 is 5.32 Å². The van der Waals surface area contributed by atoms with Crippen LogP contribution in [0.15, 0.2) is 30.3 Å². The van der Waals surface area contributed by atoms with Crippen molar-refractivity contribution in [3.63, 3.8) is 0 Å². The lowest BCUT2D eigenvalue weighted by atomic mass is 9.48. The first-order valence-corrected chi connectivity index (χ1v) is 11.0. The van der Waals surface area contributed by atoms with Gasteiger partial charge in [-0.25, -0.2) is 0 Å². The second-order valence-electron chi connectivity index (χ2n) is 9.52. The average molecular weight is 398 g/mol. The normalized spacial score (nSPS) is 30.6. The first kappa shape index (κ1) is 20.1. The van der Waals surface area contributed by atoms with Crippen LogP contribution in [0.3, 0.4) is 0 Å². The Morgan fingerprint density at radius 1 is 1.00 bits per heavy atom. The van der Waals surface area contributed by atoms with Crippen LogP contribution in [0.2, 0.25) is 0 Å². The zero-order chi connectivity index (χ0) is 20.4. The predicted molar refractivity (Wildman–Crippen MR) is 109 cm³/mol. The van der Waals surface area contributed by atoms with Gasteiger partial charge in [0.25, 0.3) is 5.91 Å². The van der Waals surface area contributed by atoms with Crippen molar-refractivity contribution >= 4 is 17.7 Å². The second-order valence-corrected chi connectivity index (χ2v) is 9.52. The quantitative estimate of drug-likeness (QED) is 0.533. The molecule has 5 nitrogen and oxygen atoms in total. The molecule has 0 unspecified atom stereocenters. The molecule has 1 aromatic rings. The number of benzene rings is 1. The highest BCUT2D eigenvalue weighted by Gasteiger charge is 2.53. The molecule has 0 heterocycles. The monoisotopic (exact) mass is 397 g/mol. The molecule has 4 bridgehead atoms. The molecule has 1 N–H and O–H groups in total. The molecule has 1 aromatic carbocycles. The van der Waals surface area contributed by atoms with E-state index in [2.05, 4.69) is 12.2 Å². The maximum atomic E-state index is 12.4. The summed E-state index contributed by atoms with van der Waals surface area (Å²) in [7, 11) is 0. The summed E-state index contributed by atoms with van der Waals surface area (Å²) in [6.45, 7) is 1.85. The van der Waals surface area contributed by atoms with Gasteiger partial charge in [-0.05, 0) is 68.6 Å². The van der Waals surface area contributed by atoms with Crippen LogP contribution in [0.25, 0.3) is 0 Å². The van der Waals surface area contributed by atoms with Gasteiger partial charge in [0.05, 0.1) is 6.42 Å². The summed E-state index contributed by atoms with van der Waals surface area (Å²) in [5.74, 6) is 1.66. The van der Waals surface area contributed by atoms with E-state index >= 15 is 0 Å². The number of nitrogens with one attached hydrogen (secondary N) is 1. The number of carbonyl (C=O) groups excluding carboxylic acids is 3. The van der Waals surface area contributed by atoms with Crippen LogP contribution in [0.1, 0.15) is 68.6 Å².